The van der Waals surface area contributed by atoms with Crippen LogP contribution in [0.3, 0.4) is 0 Å². The Morgan fingerprint density at radius 1 is 1.50 bits per heavy atom. The Morgan fingerprint density at radius 2 is 2.33 bits per heavy atom. The van der Waals surface area contributed by atoms with Gasteiger partial charge in [0.2, 0.25) is 0 Å². The van der Waals surface area contributed by atoms with Crippen molar-refractivity contribution in [3.63, 3.8) is 0 Å². The molecule has 0 amide bonds. The van der Waals surface area contributed by atoms with Gasteiger partial charge in [0.25, 0.3) is 0 Å². The Labute approximate surface area is 108 Å². The fourth-order valence-electron chi connectivity index (χ4n) is 2.46. The molecule has 1 aliphatic heterocycles. The number of nitrogens with one attached hydrogen (secondary N) is 1. The van der Waals surface area contributed by atoms with E-state index in [4.69, 9.17) is 15.3 Å². The molecule has 4 nitrogen and oxygen atoms in total. The molecular weight excluding hydrogens is 228 g/mol. The summed E-state index contributed by atoms with van der Waals surface area (Å²) in [7, 11) is 1.71. The van der Waals surface area contributed by atoms with Gasteiger partial charge in [0.15, 0.2) is 0 Å². The van der Waals surface area contributed by atoms with E-state index in [2.05, 4.69) is 29.7 Å². The summed E-state index contributed by atoms with van der Waals surface area (Å²) in [5, 5.41) is 0. The molecule has 1 aromatic rings. The van der Waals surface area contributed by atoms with Crippen LogP contribution in [0.25, 0.3) is 0 Å². The predicted molar refractivity (Wildman–Crippen MR) is 71.1 cm³/mol. The Balaban J connectivity index is 2.01. The normalized spacial score (nSPS) is 20.4. The molecule has 0 saturated carbocycles. The Bertz CT molecular complexity index is 371. The van der Waals surface area contributed by atoms with Gasteiger partial charge < -0.3 is 9.47 Å². The third kappa shape index (κ3) is 3.29. The van der Waals surface area contributed by atoms with E-state index in [0.717, 1.165) is 25.9 Å². The van der Waals surface area contributed by atoms with Crippen molar-refractivity contribution in [2.75, 3.05) is 20.3 Å². The number of nitrogens with two attached hydrogens (primary N) is 1. The van der Waals surface area contributed by atoms with Crippen LogP contribution in [0.4, 0.5) is 0 Å². The predicted octanol–water partition coefficient (Wildman–Crippen LogP) is 1.56. The number of methoxy groups -OCH3 is 1. The maximum absolute atomic E-state index is 5.88. The van der Waals surface area contributed by atoms with E-state index in [9.17, 15) is 0 Å². The van der Waals surface area contributed by atoms with Crippen molar-refractivity contribution in [2.45, 2.75) is 31.4 Å². The second kappa shape index (κ2) is 6.85. The fourth-order valence-corrected chi connectivity index (χ4v) is 2.46. The summed E-state index contributed by atoms with van der Waals surface area (Å²) in [5.41, 5.74) is 5.56. The van der Waals surface area contributed by atoms with Gasteiger partial charge in [-0.05, 0) is 30.4 Å². The topological polar surface area (TPSA) is 56.5 Å². The molecule has 4 heteroatoms. The van der Waals surface area contributed by atoms with Crippen molar-refractivity contribution in [1.29, 1.82) is 0 Å². The van der Waals surface area contributed by atoms with Crippen molar-refractivity contribution in [3.05, 3.63) is 35.4 Å². The van der Waals surface area contributed by atoms with E-state index in [1.807, 2.05) is 0 Å². The molecule has 3 N–H and O–H groups in total. The maximum atomic E-state index is 5.88. The van der Waals surface area contributed by atoms with Gasteiger partial charge in [-0.25, -0.2) is 0 Å². The lowest BCUT2D eigenvalue weighted by atomic mass is 9.93. The van der Waals surface area contributed by atoms with E-state index in [1.54, 1.807) is 7.11 Å². The summed E-state index contributed by atoms with van der Waals surface area (Å²) < 4.78 is 11.0. The first kappa shape index (κ1) is 13.5. The molecule has 2 atom stereocenters. The standard InChI is InChI=1S/C14H22N2O2/c1-17-8-7-12(16-15)10-14-13-5-3-2-4-11(13)6-9-18-14/h2-5,12,14,16H,6-10,15H2,1H3. The van der Waals surface area contributed by atoms with Crippen molar-refractivity contribution in [1.82, 2.24) is 5.43 Å². The molecule has 0 spiro atoms. The van der Waals surface area contributed by atoms with Crippen LogP contribution >= 0.6 is 0 Å². The average molecular weight is 250 g/mol. The highest BCUT2D eigenvalue weighted by molar-refractivity contribution is 5.30. The van der Waals surface area contributed by atoms with Gasteiger partial charge in [-0.15, -0.1) is 0 Å². The Kier molecular flexibility index (Phi) is 5.13. The lowest BCUT2D eigenvalue weighted by Crippen LogP contribution is -2.38. The van der Waals surface area contributed by atoms with E-state index in [-0.39, 0.29) is 12.1 Å². The zero-order valence-electron chi connectivity index (χ0n) is 10.9. The molecule has 0 saturated heterocycles. The minimum atomic E-state index is 0.146. The van der Waals surface area contributed by atoms with Crippen LogP contribution in [-0.4, -0.2) is 26.4 Å². The van der Waals surface area contributed by atoms with Crippen molar-refractivity contribution in [2.24, 2.45) is 5.84 Å². The highest BCUT2D eigenvalue weighted by Gasteiger charge is 2.23. The Hall–Kier alpha value is -0.940. The lowest BCUT2D eigenvalue weighted by molar-refractivity contribution is 0.0267. The molecule has 1 aliphatic rings. The first-order valence-corrected chi connectivity index (χ1v) is 6.49. The quantitative estimate of drug-likeness (QED) is 0.594. The largest absolute Gasteiger partial charge is 0.385 e. The average Bonchev–Trinajstić information content (AvgIpc) is 2.43. The molecule has 2 unspecified atom stereocenters. The van der Waals surface area contributed by atoms with Crippen LogP contribution in [0.2, 0.25) is 0 Å². The van der Waals surface area contributed by atoms with Crippen LogP contribution in [0, 0.1) is 0 Å². The fraction of sp³-hybridized carbons (Fsp3) is 0.571. The van der Waals surface area contributed by atoms with E-state index < -0.39 is 0 Å². The van der Waals surface area contributed by atoms with Crippen molar-refractivity contribution >= 4 is 0 Å². The number of ether oxygens (including phenoxy) is 2. The lowest BCUT2D eigenvalue weighted by Gasteiger charge is -2.29. The minimum Gasteiger partial charge on any atom is -0.385 e. The molecule has 1 heterocycles. The summed E-state index contributed by atoms with van der Waals surface area (Å²) in [6.45, 7) is 1.51. The van der Waals surface area contributed by atoms with Crippen LogP contribution in [0.1, 0.15) is 30.1 Å². The van der Waals surface area contributed by atoms with Crippen LogP contribution in [0.5, 0.6) is 0 Å². The molecule has 1 aromatic carbocycles. The van der Waals surface area contributed by atoms with Crippen LogP contribution in [0.15, 0.2) is 24.3 Å². The number of benzene rings is 1. The molecule has 100 valence electrons. The molecule has 0 aromatic heterocycles. The summed E-state index contributed by atoms with van der Waals surface area (Å²) in [6.07, 6.45) is 2.94. The summed E-state index contributed by atoms with van der Waals surface area (Å²) in [6, 6.07) is 8.72. The first-order valence-electron chi connectivity index (χ1n) is 6.49. The van der Waals surface area contributed by atoms with Gasteiger partial charge in [-0.3, -0.25) is 11.3 Å². The zero-order valence-corrected chi connectivity index (χ0v) is 10.9. The number of hydrazine groups is 1. The van der Waals surface area contributed by atoms with Crippen LogP contribution < -0.4 is 11.3 Å². The summed E-state index contributed by atoms with van der Waals surface area (Å²) in [4.78, 5) is 0. The second-order valence-electron chi connectivity index (χ2n) is 4.69. The van der Waals surface area contributed by atoms with Gasteiger partial charge in [-0.2, -0.15) is 0 Å². The van der Waals surface area contributed by atoms with E-state index >= 15 is 0 Å². The molecule has 0 aliphatic carbocycles. The van der Waals surface area contributed by atoms with Gasteiger partial charge >= 0.3 is 0 Å². The second-order valence-corrected chi connectivity index (χ2v) is 4.69. The monoisotopic (exact) mass is 250 g/mol. The molecule has 18 heavy (non-hydrogen) atoms. The highest BCUT2D eigenvalue weighted by Crippen LogP contribution is 2.30. The molecule has 0 radical (unpaired) electrons. The van der Waals surface area contributed by atoms with Crippen molar-refractivity contribution < 1.29 is 9.47 Å². The molecular formula is C14H22N2O2. The zero-order chi connectivity index (χ0) is 12.8. The third-order valence-electron chi connectivity index (χ3n) is 3.50. The summed E-state index contributed by atoms with van der Waals surface area (Å²) in [5.74, 6) is 5.59. The van der Waals surface area contributed by atoms with Crippen LogP contribution in [-0.2, 0) is 15.9 Å². The smallest absolute Gasteiger partial charge is 0.0843 e. The van der Waals surface area contributed by atoms with Gasteiger partial charge in [0.1, 0.15) is 0 Å². The third-order valence-corrected chi connectivity index (χ3v) is 3.50. The van der Waals surface area contributed by atoms with Gasteiger partial charge in [-0.1, -0.05) is 24.3 Å². The molecule has 2 rings (SSSR count). The SMILES string of the molecule is COCCC(CC1OCCc2ccccc21)NN. The molecule has 0 bridgehead atoms. The van der Waals surface area contributed by atoms with Gasteiger partial charge in [0, 0.05) is 19.8 Å². The van der Waals surface area contributed by atoms with Gasteiger partial charge in [0.05, 0.1) is 12.7 Å². The molecule has 0 fully saturated rings. The maximum Gasteiger partial charge on any atom is 0.0843 e. The van der Waals surface area contributed by atoms with Crippen molar-refractivity contribution in [3.8, 4) is 0 Å². The summed E-state index contributed by atoms with van der Waals surface area (Å²) >= 11 is 0. The first-order chi connectivity index (χ1) is 8.85. The number of hydrogen-bond donors (Lipinski definition) is 2. The Morgan fingerprint density at radius 3 is 3.11 bits per heavy atom. The van der Waals surface area contributed by atoms with E-state index in [0.29, 0.717) is 6.61 Å². The number of fused-ring (bicyclic) bond motifs is 1. The van der Waals surface area contributed by atoms with E-state index in [1.165, 1.54) is 11.1 Å². The highest BCUT2D eigenvalue weighted by atomic mass is 16.5. The number of hydrogen-bond acceptors (Lipinski definition) is 4. The minimum absolute atomic E-state index is 0.146. The number of rotatable bonds is 6.